The fourth-order valence-corrected chi connectivity index (χ4v) is 5.32. The van der Waals surface area contributed by atoms with E-state index in [4.69, 9.17) is 24.1 Å². The summed E-state index contributed by atoms with van der Waals surface area (Å²) in [7, 11) is 7.01. The van der Waals surface area contributed by atoms with Crippen molar-refractivity contribution in [2.45, 2.75) is 159 Å². The quantitative estimate of drug-likeness (QED) is 0.111. The summed E-state index contributed by atoms with van der Waals surface area (Å²) in [5.74, 6) is 0.749. The van der Waals surface area contributed by atoms with E-state index in [0.717, 1.165) is 32.8 Å². The number of aliphatic imine (C=N–C) groups is 1. The SMILES string of the molecule is CC.CC.CN=C(C(C)C)C(C)CCCC(=O)COC(C)[C@@H](CCC(C)C(=O)OCC(C)C)OC1CC(N(C)C)CC(C)O1.CO. The van der Waals surface area contributed by atoms with E-state index in [1.807, 2.05) is 62.4 Å². The zero-order chi connectivity index (χ0) is 36.4. The van der Waals surface area contributed by atoms with Gasteiger partial charge in [0.1, 0.15) is 6.61 Å². The summed E-state index contributed by atoms with van der Waals surface area (Å²) in [4.78, 5) is 31.8. The topological polar surface area (TPSA) is 107 Å². The van der Waals surface area contributed by atoms with Crippen molar-refractivity contribution in [2.24, 2.45) is 28.7 Å². The van der Waals surface area contributed by atoms with Gasteiger partial charge in [-0.25, -0.2) is 0 Å². The third-order valence-electron chi connectivity index (χ3n) is 7.83. The average molecular weight is 661 g/mol. The van der Waals surface area contributed by atoms with Crippen LogP contribution in [-0.2, 0) is 28.5 Å². The zero-order valence-corrected chi connectivity index (χ0v) is 32.9. The summed E-state index contributed by atoms with van der Waals surface area (Å²) in [5.41, 5.74) is 1.20. The third-order valence-corrected chi connectivity index (χ3v) is 7.83. The summed E-state index contributed by atoms with van der Waals surface area (Å²) in [5, 5.41) is 7.00. The van der Waals surface area contributed by atoms with Crippen molar-refractivity contribution in [3.63, 3.8) is 0 Å². The molecular formula is C37H76N2O7. The van der Waals surface area contributed by atoms with E-state index in [9.17, 15) is 9.59 Å². The van der Waals surface area contributed by atoms with Crippen LogP contribution in [0.2, 0.25) is 0 Å². The van der Waals surface area contributed by atoms with E-state index in [-0.39, 0.29) is 48.9 Å². The number of rotatable bonds is 19. The molecule has 1 rings (SSSR count). The van der Waals surface area contributed by atoms with Crippen LogP contribution in [0.15, 0.2) is 4.99 Å². The number of nitrogens with zero attached hydrogens (tertiary/aromatic N) is 2. The van der Waals surface area contributed by atoms with Gasteiger partial charge in [-0.1, -0.05) is 69.2 Å². The molecule has 0 saturated carbocycles. The Balaban J connectivity index is -0.00000290. The Morgan fingerprint density at radius 2 is 1.50 bits per heavy atom. The predicted octanol–water partition coefficient (Wildman–Crippen LogP) is 7.61. The molecule has 1 aliphatic rings. The van der Waals surface area contributed by atoms with Crippen LogP contribution in [-0.4, -0.2) is 99.6 Å². The molecular weight excluding hydrogens is 584 g/mol. The molecule has 1 heterocycles. The number of hydrogen-bond acceptors (Lipinski definition) is 9. The second-order valence-electron chi connectivity index (χ2n) is 12.8. The van der Waals surface area contributed by atoms with Crippen LogP contribution in [0, 0.1) is 23.7 Å². The highest BCUT2D eigenvalue weighted by atomic mass is 16.7. The normalized spacial score (nSPS) is 20.7. The van der Waals surface area contributed by atoms with Crippen molar-refractivity contribution >= 4 is 17.5 Å². The molecule has 6 unspecified atom stereocenters. The van der Waals surface area contributed by atoms with E-state index >= 15 is 0 Å². The molecule has 0 spiro atoms. The van der Waals surface area contributed by atoms with Crippen LogP contribution < -0.4 is 0 Å². The first kappa shape index (κ1) is 49.0. The molecule has 0 amide bonds. The summed E-state index contributed by atoms with van der Waals surface area (Å²) in [6.45, 7) is 24.9. The number of aliphatic hydroxyl groups excluding tert-OH is 1. The summed E-state index contributed by atoms with van der Waals surface area (Å²) in [6, 6.07) is 0.369. The van der Waals surface area contributed by atoms with E-state index in [1.165, 1.54) is 5.71 Å². The fraction of sp³-hybridized carbons (Fsp3) is 0.919. The Hall–Kier alpha value is -1.39. The first-order chi connectivity index (χ1) is 21.7. The lowest BCUT2D eigenvalue weighted by molar-refractivity contribution is -0.238. The Kier molecular flexibility index (Phi) is 31.7. The van der Waals surface area contributed by atoms with Gasteiger partial charge in [-0.05, 0) is 77.8 Å². The highest BCUT2D eigenvalue weighted by molar-refractivity contribution is 5.88. The number of carbonyl (C=O) groups is 2. The average Bonchev–Trinajstić information content (AvgIpc) is 3.03. The smallest absolute Gasteiger partial charge is 0.308 e. The zero-order valence-electron chi connectivity index (χ0n) is 32.9. The minimum atomic E-state index is -0.358. The molecule has 1 fully saturated rings. The number of esters is 1. The molecule has 0 bridgehead atoms. The minimum absolute atomic E-state index is 0.0581. The van der Waals surface area contributed by atoms with Crippen LogP contribution >= 0.6 is 0 Å². The number of hydrogen-bond donors (Lipinski definition) is 1. The van der Waals surface area contributed by atoms with Gasteiger partial charge in [0.05, 0.1) is 30.8 Å². The molecule has 0 aromatic rings. The van der Waals surface area contributed by atoms with Crippen molar-refractivity contribution in [3.8, 4) is 0 Å². The van der Waals surface area contributed by atoms with Gasteiger partial charge in [0, 0.05) is 38.8 Å². The number of ether oxygens (including phenoxy) is 4. The molecule has 276 valence electrons. The van der Waals surface area contributed by atoms with Crippen molar-refractivity contribution in [2.75, 3.05) is 41.5 Å². The van der Waals surface area contributed by atoms with Crippen LogP contribution in [0.4, 0.5) is 0 Å². The van der Waals surface area contributed by atoms with E-state index in [2.05, 4.69) is 51.7 Å². The lowest BCUT2D eigenvalue weighted by atomic mass is 9.91. The number of aliphatic hydroxyl groups is 1. The number of carbonyl (C=O) groups excluding carboxylic acids is 2. The van der Waals surface area contributed by atoms with Gasteiger partial charge < -0.3 is 29.0 Å². The number of ketones is 1. The summed E-state index contributed by atoms with van der Waals surface area (Å²) < 4.78 is 24.1. The van der Waals surface area contributed by atoms with Gasteiger partial charge >= 0.3 is 5.97 Å². The molecule has 0 aromatic heterocycles. The van der Waals surface area contributed by atoms with Gasteiger partial charge in [-0.3, -0.25) is 14.6 Å². The second-order valence-corrected chi connectivity index (χ2v) is 12.8. The molecule has 1 aliphatic heterocycles. The molecule has 0 aliphatic carbocycles. The first-order valence-electron chi connectivity index (χ1n) is 17.9. The Bertz CT molecular complexity index is 773. The van der Waals surface area contributed by atoms with Gasteiger partial charge in [0.25, 0.3) is 0 Å². The lowest BCUT2D eigenvalue weighted by Crippen LogP contribution is -2.45. The van der Waals surface area contributed by atoms with Gasteiger partial charge in [0.15, 0.2) is 12.1 Å². The van der Waals surface area contributed by atoms with Crippen molar-refractivity contribution < 1.29 is 33.6 Å². The molecule has 46 heavy (non-hydrogen) atoms. The maximum Gasteiger partial charge on any atom is 0.308 e. The first-order valence-corrected chi connectivity index (χ1v) is 17.9. The number of Topliss-reactive ketones (excluding diaryl/α,β-unsaturated/α-hetero) is 1. The predicted molar refractivity (Wildman–Crippen MR) is 193 cm³/mol. The van der Waals surface area contributed by atoms with Gasteiger partial charge in [-0.2, -0.15) is 0 Å². The lowest BCUT2D eigenvalue weighted by Gasteiger charge is -2.39. The molecule has 1 saturated heterocycles. The van der Waals surface area contributed by atoms with E-state index in [1.54, 1.807) is 0 Å². The molecule has 0 radical (unpaired) electrons. The van der Waals surface area contributed by atoms with Gasteiger partial charge in [0.2, 0.25) is 0 Å². The Morgan fingerprint density at radius 3 is 2.00 bits per heavy atom. The van der Waals surface area contributed by atoms with Crippen LogP contribution in [0.25, 0.3) is 0 Å². The Labute approximate surface area is 284 Å². The molecule has 9 nitrogen and oxygen atoms in total. The standard InChI is InChI=1S/C32H60N2O6.2C2H6.CH4O/c1-21(2)19-38-32(36)24(6)15-16-29(40-30-18-27(34(10)11)17-25(7)39-30)26(8)37-20-28(35)14-12-13-23(5)31(33-9)22(3)4;3*1-2/h21-27,29-30H,12-20H2,1-11H3;2*1-2H3;2H,1H3/t23?,24?,25?,26?,27?,29-,30?;;;/m1.../s1. The summed E-state index contributed by atoms with van der Waals surface area (Å²) in [6.07, 6.45) is 4.30. The molecule has 7 atom stereocenters. The highest BCUT2D eigenvalue weighted by Crippen LogP contribution is 2.27. The van der Waals surface area contributed by atoms with E-state index in [0.29, 0.717) is 49.7 Å². The Morgan fingerprint density at radius 1 is 0.913 bits per heavy atom. The van der Waals surface area contributed by atoms with Crippen molar-refractivity contribution in [1.82, 2.24) is 4.90 Å². The minimum Gasteiger partial charge on any atom is -0.465 e. The van der Waals surface area contributed by atoms with E-state index < -0.39 is 0 Å². The van der Waals surface area contributed by atoms with Crippen LogP contribution in [0.5, 0.6) is 0 Å². The van der Waals surface area contributed by atoms with Crippen LogP contribution in [0.3, 0.4) is 0 Å². The largest absolute Gasteiger partial charge is 0.465 e. The monoisotopic (exact) mass is 661 g/mol. The summed E-state index contributed by atoms with van der Waals surface area (Å²) >= 11 is 0. The van der Waals surface area contributed by atoms with Crippen LogP contribution in [0.1, 0.15) is 128 Å². The molecule has 0 aromatic carbocycles. The molecule has 9 heteroatoms. The maximum atomic E-state index is 12.7. The maximum absolute atomic E-state index is 12.7. The second kappa shape index (κ2) is 29.7. The van der Waals surface area contributed by atoms with Gasteiger partial charge in [-0.15, -0.1) is 0 Å². The van der Waals surface area contributed by atoms with Crippen molar-refractivity contribution in [1.29, 1.82) is 0 Å². The van der Waals surface area contributed by atoms with Crippen molar-refractivity contribution in [3.05, 3.63) is 0 Å². The molecule has 1 N–H and O–H groups in total. The highest BCUT2D eigenvalue weighted by Gasteiger charge is 2.33. The third kappa shape index (κ3) is 22.2. The fourth-order valence-electron chi connectivity index (χ4n) is 5.32.